The fourth-order valence-corrected chi connectivity index (χ4v) is 3.04. The van der Waals surface area contributed by atoms with E-state index in [1.807, 2.05) is 6.07 Å². The van der Waals surface area contributed by atoms with E-state index in [1.54, 1.807) is 0 Å². The van der Waals surface area contributed by atoms with Gasteiger partial charge in [-0.25, -0.2) is 0 Å². The Kier molecular flexibility index (Phi) is 4.16. The van der Waals surface area contributed by atoms with Gasteiger partial charge in [-0.3, -0.25) is 0 Å². The Morgan fingerprint density at radius 2 is 1.52 bits per heavy atom. The molecule has 0 spiro atoms. The minimum atomic E-state index is 1.18. The average molecular weight is 303 g/mol. The van der Waals surface area contributed by atoms with E-state index >= 15 is 0 Å². The van der Waals surface area contributed by atoms with Gasteiger partial charge in [0.25, 0.3) is 5.82 Å². The molecule has 2 heteroatoms. The lowest BCUT2D eigenvalue weighted by Crippen LogP contribution is -2.35. The predicted molar refractivity (Wildman–Crippen MR) is 95.5 cm³/mol. The summed E-state index contributed by atoms with van der Waals surface area (Å²) in [5.74, 6) is 1.19. The van der Waals surface area contributed by atoms with Crippen LogP contribution in [0.3, 0.4) is 0 Å². The maximum Gasteiger partial charge on any atom is 0.263 e. The second-order valence-electron chi connectivity index (χ2n) is 6.08. The lowest BCUT2D eigenvalue weighted by molar-refractivity contribution is -0.586. The molecule has 116 valence electrons. The van der Waals surface area contributed by atoms with Crippen LogP contribution in [0.2, 0.25) is 0 Å². The smallest absolute Gasteiger partial charge is 0.200 e. The second kappa shape index (κ2) is 6.25. The van der Waals surface area contributed by atoms with Crippen LogP contribution in [0.1, 0.15) is 30.8 Å². The summed E-state index contributed by atoms with van der Waals surface area (Å²) >= 11 is 0. The van der Waals surface area contributed by atoms with Crippen molar-refractivity contribution in [1.82, 2.24) is 4.57 Å². The summed E-state index contributed by atoms with van der Waals surface area (Å²) in [7, 11) is 0. The van der Waals surface area contributed by atoms with Crippen LogP contribution in [0.15, 0.2) is 72.6 Å². The lowest BCUT2D eigenvalue weighted by atomic mass is 10.0. The molecule has 1 aromatic heterocycles. The van der Waals surface area contributed by atoms with E-state index in [0.717, 1.165) is 0 Å². The van der Waals surface area contributed by atoms with Crippen molar-refractivity contribution >= 4 is 5.70 Å². The third-order valence-corrected chi connectivity index (χ3v) is 4.21. The molecule has 0 aliphatic rings. The Balaban J connectivity index is 2.16. The number of allylic oxidation sites excluding steroid dienone is 1. The van der Waals surface area contributed by atoms with Gasteiger partial charge in [-0.15, -0.1) is 0 Å². The Morgan fingerprint density at radius 1 is 0.870 bits per heavy atom. The molecule has 0 unspecified atom stereocenters. The summed E-state index contributed by atoms with van der Waals surface area (Å²) < 4.78 is 4.51. The van der Waals surface area contributed by atoms with Crippen LogP contribution in [0.4, 0.5) is 0 Å². The van der Waals surface area contributed by atoms with Gasteiger partial charge in [0.15, 0.2) is 0 Å². The van der Waals surface area contributed by atoms with E-state index in [4.69, 9.17) is 0 Å². The van der Waals surface area contributed by atoms with Gasteiger partial charge in [0.1, 0.15) is 23.8 Å². The van der Waals surface area contributed by atoms with E-state index < -0.39 is 0 Å². The Bertz CT molecular complexity index is 851. The van der Waals surface area contributed by atoms with Crippen LogP contribution in [0, 0.1) is 13.8 Å². The van der Waals surface area contributed by atoms with Gasteiger partial charge in [0, 0.05) is 12.5 Å². The Morgan fingerprint density at radius 3 is 2.17 bits per heavy atom. The summed E-state index contributed by atoms with van der Waals surface area (Å²) in [5.41, 5.74) is 6.32. The average Bonchev–Trinajstić information content (AvgIpc) is 2.92. The first-order valence-corrected chi connectivity index (χ1v) is 7.98. The van der Waals surface area contributed by atoms with Gasteiger partial charge in [-0.2, -0.15) is 9.13 Å². The highest BCUT2D eigenvalue weighted by Crippen LogP contribution is 2.21. The molecule has 1 heterocycles. The maximum absolute atomic E-state index is 2.28. The summed E-state index contributed by atoms with van der Waals surface area (Å²) in [5, 5.41) is 0. The van der Waals surface area contributed by atoms with E-state index in [9.17, 15) is 0 Å². The molecule has 0 amide bonds. The molecule has 0 aliphatic carbocycles. The first-order chi connectivity index (χ1) is 11.1. The SMILES string of the molecule is CC(C)=C(c1ccccc1C)[n+]1ccn(-c2ccccc2)c1C. The number of benzene rings is 2. The summed E-state index contributed by atoms with van der Waals surface area (Å²) in [6, 6.07) is 19.0. The largest absolute Gasteiger partial charge is 0.263 e. The van der Waals surface area contributed by atoms with Crippen molar-refractivity contribution in [3.05, 3.63) is 89.5 Å². The van der Waals surface area contributed by atoms with Crippen molar-refractivity contribution < 1.29 is 4.57 Å². The maximum atomic E-state index is 2.28. The van der Waals surface area contributed by atoms with Crippen LogP contribution in [0.5, 0.6) is 0 Å². The van der Waals surface area contributed by atoms with Crippen molar-refractivity contribution in [2.75, 3.05) is 0 Å². The highest BCUT2D eigenvalue weighted by Gasteiger charge is 2.20. The highest BCUT2D eigenvalue weighted by atomic mass is 15.2. The van der Waals surface area contributed by atoms with Crippen molar-refractivity contribution in [3.8, 4) is 5.69 Å². The van der Waals surface area contributed by atoms with Crippen LogP contribution in [-0.4, -0.2) is 4.57 Å². The number of hydrogen-bond donors (Lipinski definition) is 0. The molecule has 0 N–H and O–H groups in total. The molecule has 0 radical (unpaired) electrons. The van der Waals surface area contributed by atoms with Crippen LogP contribution < -0.4 is 4.57 Å². The normalized spacial score (nSPS) is 10.6. The zero-order valence-electron chi connectivity index (χ0n) is 14.2. The van der Waals surface area contributed by atoms with Gasteiger partial charge >= 0.3 is 0 Å². The molecule has 0 saturated heterocycles. The number of aromatic nitrogens is 2. The Hall–Kier alpha value is -2.61. The van der Waals surface area contributed by atoms with E-state index in [-0.39, 0.29) is 0 Å². The molecular formula is C21H23N2+. The van der Waals surface area contributed by atoms with Crippen molar-refractivity contribution in [3.63, 3.8) is 0 Å². The number of para-hydroxylation sites is 1. The fraction of sp³-hybridized carbons (Fsp3) is 0.190. The van der Waals surface area contributed by atoms with Gasteiger partial charge < -0.3 is 0 Å². The first-order valence-electron chi connectivity index (χ1n) is 7.98. The van der Waals surface area contributed by atoms with Crippen molar-refractivity contribution in [1.29, 1.82) is 0 Å². The highest BCUT2D eigenvalue weighted by molar-refractivity contribution is 5.63. The lowest BCUT2D eigenvalue weighted by Gasteiger charge is -2.11. The van der Waals surface area contributed by atoms with E-state index in [1.165, 1.54) is 33.9 Å². The summed E-state index contributed by atoms with van der Waals surface area (Å²) in [4.78, 5) is 0. The molecule has 0 atom stereocenters. The van der Waals surface area contributed by atoms with Crippen LogP contribution in [-0.2, 0) is 0 Å². The number of rotatable bonds is 3. The number of aryl methyl sites for hydroxylation is 1. The molecule has 0 fully saturated rings. The van der Waals surface area contributed by atoms with Crippen LogP contribution in [0.25, 0.3) is 11.4 Å². The monoisotopic (exact) mass is 303 g/mol. The van der Waals surface area contributed by atoms with Gasteiger partial charge in [0.05, 0.1) is 0 Å². The summed E-state index contributed by atoms with van der Waals surface area (Å²) in [6.45, 7) is 8.68. The summed E-state index contributed by atoms with van der Waals surface area (Å²) in [6.07, 6.45) is 4.28. The zero-order chi connectivity index (χ0) is 16.4. The molecular weight excluding hydrogens is 280 g/mol. The third kappa shape index (κ3) is 2.85. The predicted octanol–water partition coefficient (Wildman–Crippen LogP) is 4.68. The van der Waals surface area contributed by atoms with Crippen LogP contribution >= 0.6 is 0 Å². The topological polar surface area (TPSA) is 8.81 Å². The Labute approximate surface area is 138 Å². The van der Waals surface area contributed by atoms with E-state index in [2.05, 4.69) is 97.8 Å². The number of hydrogen-bond acceptors (Lipinski definition) is 0. The number of imidazole rings is 1. The van der Waals surface area contributed by atoms with Gasteiger partial charge in [0.2, 0.25) is 0 Å². The molecule has 2 aromatic carbocycles. The minimum Gasteiger partial charge on any atom is -0.200 e. The molecule has 0 aliphatic heterocycles. The molecule has 2 nitrogen and oxygen atoms in total. The quantitative estimate of drug-likeness (QED) is 0.621. The zero-order valence-corrected chi connectivity index (χ0v) is 14.2. The molecule has 3 aromatic rings. The van der Waals surface area contributed by atoms with Gasteiger partial charge in [-0.1, -0.05) is 42.5 Å². The van der Waals surface area contributed by atoms with E-state index in [0.29, 0.717) is 0 Å². The minimum absolute atomic E-state index is 1.18. The molecule has 0 saturated carbocycles. The fourth-order valence-electron chi connectivity index (χ4n) is 3.04. The van der Waals surface area contributed by atoms with Gasteiger partial charge in [-0.05, 0) is 44.0 Å². The third-order valence-electron chi connectivity index (χ3n) is 4.21. The number of nitrogens with zero attached hydrogens (tertiary/aromatic N) is 2. The van der Waals surface area contributed by atoms with Crippen molar-refractivity contribution in [2.45, 2.75) is 27.7 Å². The van der Waals surface area contributed by atoms with Crippen molar-refractivity contribution in [2.24, 2.45) is 0 Å². The molecule has 0 bridgehead atoms. The molecule has 23 heavy (non-hydrogen) atoms. The second-order valence-corrected chi connectivity index (χ2v) is 6.08. The molecule has 3 rings (SSSR count). The first kappa shape index (κ1) is 15.3. The standard InChI is InChI=1S/C21H23N2/c1-16(2)21(20-13-9-8-10-17(20)3)23-15-14-22(18(23)4)19-11-6-5-7-12-19/h5-15H,1-4H3/q+1.